The molecule has 0 spiro atoms. The average Bonchev–Trinajstić information content (AvgIpc) is 2.73. The lowest BCUT2D eigenvalue weighted by molar-refractivity contribution is 0.0527. The van der Waals surface area contributed by atoms with Crippen LogP contribution in [-0.2, 0) is 22.1 Å². The molecule has 0 aromatic heterocycles. The quantitative estimate of drug-likeness (QED) is 0.373. The van der Waals surface area contributed by atoms with Crippen LogP contribution in [0.3, 0.4) is 0 Å². The predicted octanol–water partition coefficient (Wildman–Crippen LogP) is 5.44. The molecule has 0 saturated heterocycles. The summed E-state index contributed by atoms with van der Waals surface area (Å²) in [5, 5.41) is 0. The molecule has 2 N–H and O–H groups in total. The first-order chi connectivity index (χ1) is 14.5. The molecule has 4 nitrogen and oxygen atoms in total. The summed E-state index contributed by atoms with van der Waals surface area (Å²) in [5.74, 6) is -1.68. The van der Waals surface area contributed by atoms with Crippen molar-refractivity contribution < 1.29 is 32.3 Å². The number of carbonyl (C=O) groups is 1. The molecule has 1 atom stereocenters. The molecule has 0 fully saturated rings. The number of hydrogen-bond donors (Lipinski definition) is 2. The molecule has 3 aromatic carbocycles. The van der Waals surface area contributed by atoms with Gasteiger partial charge in [0.2, 0.25) is 0 Å². The van der Waals surface area contributed by atoms with Crippen LogP contribution in [0.2, 0.25) is 0 Å². The van der Waals surface area contributed by atoms with Gasteiger partial charge in [-0.05, 0) is 36.6 Å². The van der Waals surface area contributed by atoms with Crippen molar-refractivity contribution in [2.75, 3.05) is 0 Å². The summed E-state index contributed by atoms with van der Waals surface area (Å²) >= 11 is 0. The van der Waals surface area contributed by atoms with Crippen molar-refractivity contribution in [1.29, 1.82) is 0 Å². The fraction of sp³-hybridized carbons (Fsp3) is 0.174. The second kappa shape index (κ2) is 8.42. The Hall–Kier alpha value is -2.73. The van der Waals surface area contributed by atoms with Gasteiger partial charge in [-0.1, -0.05) is 66.7 Å². The van der Waals surface area contributed by atoms with Gasteiger partial charge in [0, 0.05) is 5.56 Å². The first-order valence-corrected chi connectivity index (χ1v) is 11.0. The number of hydrogen-bond acceptors (Lipinski definition) is 2. The lowest BCUT2D eigenvalue weighted by Gasteiger charge is -2.29. The molecule has 3 aromatic rings. The maximum Gasteiger partial charge on any atom is 0.399 e. The van der Waals surface area contributed by atoms with E-state index < -0.39 is 30.1 Å². The minimum Gasteiger partial charge on any atom is -0.320 e. The van der Waals surface area contributed by atoms with Crippen molar-refractivity contribution in [2.45, 2.75) is 24.4 Å². The van der Waals surface area contributed by atoms with E-state index in [0.29, 0.717) is 17.2 Å². The van der Waals surface area contributed by atoms with Crippen molar-refractivity contribution in [1.82, 2.24) is 0 Å². The van der Waals surface area contributed by atoms with Gasteiger partial charge in [-0.3, -0.25) is 9.36 Å². The van der Waals surface area contributed by atoms with Crippen LogP contribution in [0.1, 0.15) is 34.0 Å². The molecule has 0 bridgehead atoms. The molecule has 0 saturated carbocycles. The smallest absolute Gasteiger partial charge is 0.320 e. The topological polar surface area (TPSA) is 74.6 Å². The Labute approximate surface area is 177 Å². The van der Waals surface area contributed by atoms with Crippen molar-refractivity contribution in [3.8, 4) is 0 Å². The Morgan fingerprint density at radius 3 is 2.00 bits per heavy atom. The number of Topliss-reactive ketones (excluding diaryl/α,β-unsaturated/α-hetero) is 1. The normalized spacial score (nSPS) is 14.1. The van der Waals surface area contributed by atoms with Crippen molar-refractivity contribution in [2.24, 2.45) is 0 Å². The van der Waals surface area contributed by atoms with E-state index in [-0.39, 0.29) is 17.8 Å². The molecule has 8 heteroatoms. The minimum atomic E-state index is -5.90. The fourth-order valence-electron chi connectivity index (χ4n) is 3.51. The Bertz CT molecular complexity index is 1130. The number of benzene rings is 3. The van der Waals surface area contributed by atoms with Crippen LogP contribution in [0.15, 0.2) is 78.9 Å². The van der Waals surface area contributed by atoms with E-state index in [0.717, 1.165) is 12.1 Å². The highest BCUT2D eigenvalue weighted by molar-refractivity contribution is 7.52. The summed E-state index contributed by atoms with van der Waals surface area (Å²) in [7, 11) is -5.90. The predicted molar refractivity (Wildman–Crippen MR) is 111 cm³/mol. The highest BCUT2D eigenvalue weighted by Gasteiger charge is 2.52. The van der Waals surface area contributed by atoms with Gasteiger partial charge in [0.1, 0.15) is 5.82 Å². The Morgan fingerprint density at radius 2 is 1.48 bits per heavy atom. The molecular weight excluding hydrogens is 428 g/mol. The van der Waals surface area contributed by atoms with Crippen molar-refractivity contribution >= 4 is 13.4 Å². The molecule has 0 aliphatic carbocycles. The summed E-state index contributed by atoms with van der Waals surface area (Å²) < 4.78 is 53.5. The van der Waals surface area contributed by atoms with Crippen LogP contribution in [0.25, 0.3) is 0 Å². The summed E-state index contributed by atoms with van der Waals surface area (Å²) in [6.45, 7) is 1.69. The number of carbonyl (C=O) groups excluding carboxylic acids is 1. The van der Waals surface area contributed by atoms with E-state index in [1.165, 1.54) is 0 Å². The zero-order chi connectivity index (χ0) is 22.9. The molecule has 3 rings (SSSR count). The van der Waals surface area contributed by atoms with Gasteiger partial charge in [-0.15, -0.1) is 0 Å². The second-order valence-electron chi connectivity index (χ2n) is 7.47. The van der Waals surface area contributed by atoms with E-state index in [2.05, 4.69) is 0 Å². The van der Waals surface area contributed by atoms with E-state index >= 15 is 0 Å². The largest absolute Gasteiger partial charge is 0.399 e. The highest BCUT2D eigenvalue weighted by Crippen LogP contribution is 2.59. The maximum absolute atomic E-state index is 14.5. The molecule has 0 radical (unpaired) electrons. The third-order valence-electron chi connectivity index (χ3n) is 5.23. The third-order valence-corrected chi connectivity index (χ3v) is 6.20. The zero-order valence-corrected chi connectivity index (χ0v) is 17.4. The third kappa shape index (κ3) is 4.49. The lowest BCUT2D eigenvalue weighted by Crippen LogP contribution is -2.35. The number of alkyl halides is 2. The number of rotatable bonds is 7. The average molecular weight is 448 g/mol. The summed E-state index contributed by atoms with van der Waals surface area (Å²) in [5.41, 5.74) is -5.84. The van der Waals surface area contributed by atoms with Crippen molar-refractivity contribution in [3.05, 3.63) is 107 Å². The van der Waals surface area contributed by atoms with Gasteiger partial charge in [0.25, 0.3) is 0 Å². The number of ketones is 1. The molecular formula is C23H20F3O4P. The van der Waals surface area contributed by atoms with Crippen LogP contribution in [0, 0.1) is 5.82 Å². The standard InChI is InChI=1S/C23H20F3O4P/c1-22(18-10-6-3-7-11-18,21(27)17-8-4-2-5-9-17)15-16-12-13-19(20(24)14-16)23(25,26)31(28,29)30/h2-14H,15H2,1H3,(H2,28,29,30). The van der Waals surface area contributed by atoms with Crippen LogP contribution < -0.4 is 0 Å². The van der Waals surface area contributed by atoms with Crippen LogP contribution in [0.5, 0.6) is 0 Å². The van der Waals surface area contributed by atoms with E-state index in [4.69, 9.17) is 9.79 Å². The number of halogens is 3. The molecule has 0 heterocycles. The second-order valence-corrected chi connectivity index (χ2v) is 9.12. The van der Waals surface area contributed by atoms with Crippen molar-refractivity contribution in [3.63, 3.8) is 0 Å². The van der Waals surface area contributed by atoms with Gasteiger partial charge in [0.05, 0.1) is 11.0 Å². The molecule has 1 unspecified atom stereocenters. The fourth-order valence-corrected chi connectivity index (χ4v) is 4.00. The van der Waals surface area contributed by atoms with Gasteiger partial charge in [0.15, 0.2) is 5.78 Å². The van der Waals surface area contributed by atoms with Crippen LogP contribution >= 0.6 is 7.60 Å². The van der Waals surface area contributed by atoms with Gasteiger partial charge in [-0.2, -0.15) is 8.78 Å². The van der Waals surface area contributed by atoms with E-state index in [9.17, 15) is 22.5 Å². The monoisotopic (exact) mass is 448 g/mol. The van der Waals surface area contributed by atoms with Gasteiger partial charge in [-0.25, -0.2) is 4.39 Å². The molecule has 162 valence electrons. The molecule has 0 amide bonds. The summed E-state index contributed by atoms with van der Waals surface area (Å²) in [6, 6.07) is 20.0. The minimum absolute atomic E-state index is 0.0105. The molecule has 0 aliphatic heterocycles. The molecule has 31 heavy (non-hydrogen) atoms. The first-order valence-electron chi connectivity index (χ1n) is 9.34. The Morgan fingerprint density at radius 1 is 0.935 bits per heavy atom. The summed E-state index contributed by atoms with van der Waals surface area (Å²) in [6.07, 6.45) is -0.0105. The Balaban J connectivity index is 2.04. The summed E-state index contributed by atoms with van der Waals surface area (Å²) in [4.78, 5) is 31.1. The van der Waals surface area contributed by atoms with Crippen LogP contribution in [0.4, 0.5) is 13.2 Å². The zero-order valence-electron chi connectivity index (χ0n) is 16.5. The van der Waals surface area contributed by atoms with Gasteiger partial charge >= 0.3 is 13.3 Å². The highest BCUT2D eigenvalue weighted by atomic mass is 31.2. The maximum atomic E-state index is 14.5. The molecule has 0 aliphatic rings. The van der Waals surface area contributed by atoms with Gasteiger partial charge < -0.3 is 9.79 Å². The van der Waals surface area contributed by atoms with Crippen LogP contribution in [-0.4, -0.2) is 15.6 Å². The van der Waals surface area contributed by atoms with E-state index in [1.807, 2.05) is 0 Å². The van der Waals surface area contributed by atoms with E-state index in [1.54, 1.807) is 67.6 Å². The lowest BCUT2D eigenvalue weighted by atomic mass is 9.72. The first kappa shape index (κ1) is 22.9. The SMILES string of the molecule is CC(Cc1ccc(C(F)(F)P(=O)(O)O)c(F)c1)(C(=O)c1ccccc1)c1ccccc1. The Kier molecular flexibility index (Phi) is 6.23.